The zero-order chi connectivity index (χ0) is 18.5. The Labute approximate surface area is 148 Å². The van der Waals surface area contributed by atoms with Crippen LogP contribution in [0.5, 0.6) is 0 Å². The van der Waals surface area contributed by atoms with Crippen molar-refractivity contribution in [2.45, 2.75) is 25.5 Å². The molecule has 0 aliphatic carbocycles. The number of carboxylic acid groups (broad SMARTS) is 1. The summed E-state index contributed by atoms with van der Waals surface area (Å²) in [5, 5.41) is 21.2. The molecule has 1 saturated heterocycles. The van der Waals surface area contributed by atoms with Crippen LogP contribution in [-0.4, -0.2) is 51.2 Å². The number of halogens is 1. The Morgan fingerprint density at radius 1 is 1.42 bits per heavy atom. The fourth-order valence-electron chi connectivity index (χ4n) is 2.59. The molecular formula is C16H18FN5O4. The molecule has 9 nitrogen and oxygen atoms in total. The van der Waals surface area contributed by atoms with Crippen LogP contribution in [-0.2, 0) is 16.1 Å². The molecule has 0 spiro atoms. The predicted octanol–water partition coefficient (Wildman–Crippen LogP) is 1.34. The molecule has 1 aliphatic heterocycles. The van der Waals surface area contributed by atoms with E-state index >= 15 is 0 Å². The highest BCUT2D eigenvalue weighted by Gasteiger charge is 2.16. The largest absolute Gasteiger partial charge is 0.476 e. The quantitative estimate of drug-likeness (QED) is 0.679. The van der Waals surface area contributed by atoms with Crippen molar-refractivity contribution < 1.29 is 23.8 Å². The third kappa shape index (κ3) is 4.54. The molecule has 1 amide bonds. The van der Waals surface area contributed by atoms with E-state index in [0.29, 0.717) is 12.2 Å². The summed E-state index contributed by atoms with van der Waals surface area (Å²) in [5.74, 6) is -2.20. The SMILES string of the molecule is O=C(Cn1cc(C(=O)O)nn1)Nc1ccc(NCC2CCCO2)c(F)c1. The van der Waals surface area contributed by atoms with E-state index in [0.717, 1.165) is 30.3 Å². The van der Waals surface area contributed by atoms with E-state index in [1.54, 1.807) is 6.07 Å². The zero-order valence-electron chi connectivity index (χ0n) is 13.8. The average molecular weight is 363 g/mol. The zero-order valence-corrected chi connectivity index (χ0v) is 13.8. The Hall–Kier alpha value is -3.01. The van der Waals surface area contributed by atoms with Gasteiger partial charge in [0.25, 0.3) is 0 Å². The number of amides is 1. The molecule has 1 aliphatic rings. The molecule has 1 aromatic carbocycles. The van der Waals surface area contributed by atoms with Gasteiger partial charge in [0.15, 0.2) is 5.69 Å². The van der Waals surface area contributed by atoms with E-state index in [-0.39, 0.29) is 24.0 Å². The van der Waals surface area contributed by atoms with E-state index in [1.165, 1.54) is 12.1 Å². The summed E-state index contributed by atoms with van der Waals surface area (Å²) in [5.41, 5.74) is 0.361. The molecule has 1 atom stereocenters. The van der Waals surface area contributed by atoms with Crippen molar-refractivity contribution in [1.82, 2.24) is 15.0 Å². The number of hydrogen-bond acceptors (Lipinski definition) is 6. The van der Waals surface area contributed by atoms with Gasteiger partial charge in [-0.2, -0.15) is 0 Å². The predicted molar refractivity (Wildman–Crippen MR) is 89.5 cm³/mol. The molecule has 2 aromatic rings. The van der Waals surface area contributed by atoms with Crippen molar-refractivity contribution in [2.75, 3.05) is 23.8 Å². The van der Waals surface area contributed by atoms with Gasteiger partial charge in [-0.25, -0.2) is 13.9 Å². The number of nitrogens with one attached hydrogen (secondary N) is 2. The van der Waals surface area contributed by atoms with Gasteiger partial charge >= 0.3 is 5.97 Å². The molecule has 26 heavy (non-hydrogen) atoms. The van der Waals surface area contributed by atoms with Gasteiger partial charge in [-0.05, 0) is 31.0 Å². The Kier molecular flexibility index (Phi) is 5.42. The second-order valence-electron chi connectivity index (χ2n) is 5.87. The lowest BCUT2D eigenvalue weighted by Gasteiger charge is -2.13. The highest BCUT2D eigenvalue weighted by molar-refractivity contribution is 5.91. The topological polar surface area (TPSA) is 118 Å². The second-order valence-corrected chi connectivity index (χ2v) is 5.87. The maximum atomic E-state index is 14.1. The first-order chi connectivity index (χ1) is 12.5. The van der Waals surface area contributed by atoms with Gasteiger partial charge < -0.3 is 20.5 Å². The molecular weight excluding hydrogens is 345 g/mol. The first kappa shape index (κ1) is 17.8. The molecule has 1 aromatic heterocycles. The smallest absolute Gasteiger partial charge is 0.358 e. The molecule has 1 fully saturated rings. The van der Waals surface area contributed by atoms with Crippen molar-refractivity contribution in [2.24, 2.45) is 0 Å². The van der Waals surface area contributed by atoms with E-state index in [9.17, 15) is 14.0 Å². The van der Waals surface area contributed by atoms with Crippen LogP contribution in [0.15, 0.2) is 24.4 Å². The van der Waals surface area contributed by atoms with Crippen LogP contribution in [0.1, 0.15) is 23.3 Å². The van der Waals surface area contributed by atoms with Crippen LogP contribution in [0, 0.1) is 5.82 Å². The summed E-state index contributed by atoms with van der Waals surface area (Å²) >= 11 is 0. The van der Waals surface area contributed by atoms with Gasteiger partial charge in [-0.3, -0.25) is 4.79 Å². The maximum Gasteiger partial charge on any atom is 0.358 e. The molecule has 3 rings (SSSR count). The number of carbonyl (C=O) groups is 2. The number of hydrogen-bond donors (Lipinski definition) is 3. The minimum atomic E-state index is -1.23. The first-order valence-electron chi connectivity index (χ1n) is 8.09. The van der Waals surface area contributed by atoms with Crippen LogP contribution in [0.2, 0.25) is 0 Å². The monoisotopic (exact) mass is 363 g/mol. The number of rotatable bonds is 7. The molecule has 2 heterocycles. The summed E-state index contributed by atoms with van der Waals surface area (Å²) in [7, 11) is 0. The number of carboxylic acids is 1. The van der Waals surface area contributed by atoms with Gasteiger partial charge in [0.05, 0.1) is 18.0 Å². The van der Waals surface area contributed by atoms with Gasteiger partial charge in [0.2, 0.25) is 5.91 Å². The van der Waals surface area contributed by atoms with Crippen molar-refractivity contribution in [3.63, 3.8) is 0 Å². The molecule has 0 bridgehead atoms. The van der Waals surface area contributed by atoms with Crippen LogP contribution >= 0.6 is 0 Å². The number of nitrogens with zero attached hydrogens (tertiary/aromatic N) is 3. The fourth-order valence-corrected chi connectivity index (χ4v) is 2.59. The van der Waals surface area contributed by atoms with Gasteiger partial charge in [0, 0.05) is 18.8 Å². The van der Waals surface area contributed by atoms with Gasteiger partial charge in [0.1, 0.15) is 12.4 Å². The molecule has 3 N–H and O–H groups in total. The van der Waals surface area contributed by atoms with Crippen molar-refractivity contribution >= 4 is 23.3 Å². The van der Waals surface area contributed by atoms with E-state index in [4.69, 9.17) is 9.84 Å². The normalized spacial score (nSPS) is 16.4. The maximum absolute atomic E-state index is 14.1. The molecule has 0 saturated carbocycles. The van der Waals surface area contributed by atoms with Crippen LogP contribution in [0.3, 0.4) is 0 Å². The number of ether oxygens (including phenoxy) is 1. The van der Waals surface area contributed by atoms with Crippen molar-refractivity contribution in [3.8, 4) is 0 Å². The summed E-state index contributed by atoms with van der Waals surface area (Å²) in [4.78, 5) is 22.7. The fraction of sp³-hybridized carbons (Fsp3) is 0.375. The van der Waals surface area contributed by atoms with Crippen LogP contribution in [0.4, 0.5) is 15.8 Å². The number of anilines is 2. The van der Waals surface area contributed by atoms with Crippen LogP contribution in [0.25, 0.3) is 0 Å². The lowest BCUT2D eigenvalue weighted by Crippen LogP contribution is -2.20. The van der Waals surface area contributed by atoms with E-state index < -0.39 is 17.7 Å². The van der Waals surface area contributed by atoms with Crippen molar-refractivity contribution in [3.05, 3.63) is 35.9 Å². The Balaban J connectivity index is 1.54. The summed E-state index contributed by atoms with van der Waals surface area (Å²) < 4.78 is 20.7. The molecule has 10 heteroatoms. The Morgan fingerprint density at radius 3 is 2.92 bits per heavy atom. The molecule has 0 radical (unpaired) electrons. The van der Waals surface area contributed by atoms with Gasteiger partial charge in [-0.1, -0.05) is 5.21 Å². The van der Waals surface area contributed by atoms with Crippen molar-refractivity contribution in [1.29, 1.82) is 0 Å². The van der Waals surface area contributed by atoms with E-state index in [2.05, 4.69) is 20.9 Å². The first-order valence-corrected chi connectivity index (χ1v) is 8.09. The number of aromatic nitrogens is 3. The Bertz CT molecular complexity index is 804. The third-order valence-electron chi connectivity index (χ3n) is 3.86. The minimum Gasteiger partial charge on any atom is -0.476 e. The summed E-state index contributed by atoms with van der Waals surface area (Å²) in [6.07, 6.45) is 3.20. The summed E-state index contributed by atoms with van der Waals surface area (Å²) in [6, 6.07) is 4.32. The highest BCUT2D eigenvalue weighted by atomic mass is 19.1. The number of benzene rings is 1. The average Bonchev–Trinajstić information content (AvgIpc) is 3.25. The van der Waals surface area contributed by atoms with Crippen LogP contribution < -0.4 is 10.6 Å². The molecule has 138 valence electrons. The lowest BCUT2D eigenvalue weighted by molar-refractivity contribution is -0.116. The van der Waals surface area contributed by atoms with E-state index in [1.807, 2.05) is 0 Å². The lowest BCUT2D eigenvalue weighted by atomic mass is 10.2. The Morgan fingerprint density at radius 2 is 2.27 bits per heavy atom. The minimum absolute atomic E-state index is 0.0900. The third-order valence-corrected chi connectivity index (χ3v) is 3.86. The number of carbonyl (C=O) groups excluding carboxylic acids is 1. The second kappa shape index (κ2) is 7.91. The van der Waals surface area contributed by atoms with Gasteiger partial charge in [-0.15, -0.1) is 5.10 Å². The highest BCUT2D eigenvalue weighted by Crippen LogP contribution is 2.20. The standard InChI is InChI=1S/C16H18FN5O4/c17-12-6-10(3-4-13(12)18-7-11-2-1-5-26-11)19-15(23)9-22-8-14(16(24)25)20-21-22/h3-4,6,8,11,18H,1-2,5,7,9H2,(H,19,23)(H,24,25). The summed E-state index contributed by atoms with van der Waals surface area (Å²) in [6.45, 7) is 1.03. The number of aromatic carboxylic acids is 1. The molecule has 1 unspecified atom stereocenters.